The van der Waals surface area contributed by atoms with Gasteiger partial charge in [-0.1, -0.05) is 0 Å². The highest BCUT2D eigenvalue weighted by atomic mass is 32.2. The van der Waals surface area contributed by atoms with Crippen LogP contribution in [-0.2, 0) is 59.4 Å². The summed E-state index contributed by atoms with van der Waals surface area (Å²) in [5, 5.41) is 13.0. The second kappa shape index (κ2) is 23.6. The number of esters is 3. The third-order valence-electron chi connectivity index (χ3n) is 13.0. The van der Waals surface area contributed by atoms with Gasteiger partial charge in [0.05, 0.1) is 79.0 Å². The molecule has 0 spiro atoms. The van der Waals surface area contributed by atoms with Crippen molar-refractivity contribution < 1.29 is 60.9 Å². The molecule has 3 aromatic carbocycles. The Morgan fingerprint density at radius 1 is 0.571 bits per heavy atom. The first kappa shape index (κ1) is 59.5. The molecule has 23 heteroatoms. The molecule has 3 fully saturated rings. The number of benzene rings is 3. The molecule has 6 atom stereocenters. The van der Waals surface area contributed by atoms with E-state index < -0.39 is 50.1 Å². The van der Waals surface area contributed by atoms with Gasteiger partial charge in [0.25, 0.3) is 5.69 Å². The summed E-state index contributed by atoms with van der Waals surface area (Å²) >= 11 is 4.44. The summed E-state index contributed by atoms with van der Waals surface area (Å²) in [6.07, 6.45) is 0.146. The first-order valence-electron chi connectivity index (χ1n) is 25.1. The smallest absolute Gasteiger partial charge is 0.312 e. The van der Waals surface area contributed by atoms with Crippen molar-refractivity contribution in [1.29, 1.82) is 0 Å². The van der Waals surface area contributed by atoms with E-state index in [0.717, 1.165) is 23.6 Å². The van der Waals surface area contributed by atoms with Crippen LogP contribution in [0.25, 0.3) is 0 Å². The highest BCUT2D eigenvalue weighted by Crippen LogP contribution is 2.49. The molecule has 9 rings (SSSR count). The largest absolute Gasteiger partial charge is 0.460 e. The first-order valence-corrected chi connectivity index (χ1v) is 28.0. The van der Waals surface area contributed by atoms with E-state index in [1.54, 1.807) is 32.9 Å². The molecule has 0 unspecified atom stereocenters. The normalized spacial score (nSPS) is 25.7. The van der Waals surface area contributed by atoms with Gasteiger partial charge in [-0.05, 0) is 105 Å². The summed E-state index contributed by atoms with van der Waals surface area (Å²) in [7, 11) is 0. The van der Waals surface area contributed by atoms with Gasteiger partial charge in [-0.2, -0.15) is 0 Å². The number of thioether (sulfide) groups is 3. The van der Waals surface area contributed by atoms with E-state index in [-0.39, 0.29) is 91.7 Å². The second-order valence-corrected chi connectivity index (χ2v) is 25.8. The number of nitrogen functional groups attached to an aromatic ring is 2. The molecule has 0 bridgehead atoms. The van der Waals surface area contributed by atoms with Crippen molar-refractivity contribution >= 4 is 85.4 Å². The number of carbonyl (C=O) groups is 3. The highest BCUT2D eigenvalue weighted by Gasteiger charge is 2.52. The van der Waals surface area contributed by atoms with Gasteiger partial charge >= 0.3 is 17.9 Å². The molecule has 17 nitrogen and oxygen atoms in total. The van der Waals surface area contributed by atoms with Crippen molar-refractivity contribution in [3.05, 3.63) is 98.9 Å². The number of hydrogen-bond acceptors (Lipinski definition) is 19. The Labute approximate surface area is 459 Å². The molecule has 0 saturated carbocycles. The van der Waals surface area contributed by atoms with Crippen molar-refractivity contribution in [2.75, 3.05) is 68.4 Å². The fraction of sp³-hybridized carbons (Fsp3) is 0.556. The summed E-state index contributed by atoms with van der Waals surface area (Å²) in [4.78, 5) is 61.2. The lowest BCUT2D eigenvalue weighted by Crippen LogP contribution is -2.39. The van der Waals surface area contributed by atoms with Crippen molar-refractivity contribution in [2.45, 2.75) is 115 Å². The van der Waals surface area contributed by atoms with Crippen molar-refractivity contribution in [1.82, 2.24) is 0 Å². The molecule has 0 amide bonds. The zero-order valence-corrected chi connectivity index (χ0v) is 47.2. The number of non-ortho nitro benzene ring substituents is 1. The number of ether oxygens (including phenoxy) is 6. The van der Waals surface area contributed by atoms with Crippen LogP contribution in [0.4, 0.5) is 30.2 Å². The van der Waals surface area contributed by atoms with Crippen LogP contribution < -0.4 is 11.5 Å². The molecule has 3 aromatic rings. The lowest BCUT2D eigenvalue weighted by Gasteiger charge is -2.35. The minimum Gasteiger partial charge on any atom is -0.460 e. The van der Waals surface area contributed by atoms with Crippen LogP contribution >= 0.6 is 35.3 Å². The van der Waals surface area contributed by atoms with Crippen LogP contribution in [0.3, 0.4) is 0 Å². The third-order valence-corrected chi connectivity index (χ3v) is 16.4. The summed E-state index contributed by atoms with van der Waals surface area (Å²) < 4.78 is 76.6. The van der Waals surface area contributed by atoms with Crippen LogP contribution in [0.1, 0.15) is 98.3 Å². The zero-order valence-electron chi connectivity index (χ0n) is 44.7. The molecule has 77 heavy (non-hydrogen) atoms. The average molecular weight is 1130 g/mol. The first-order chi connectivity index (χ1) is 36.0. The van der Waals surface area contributed by atoms with E-state index in [1.807, 2.05) is 41.5 Å². The van der Waals surface area contributed by atoms with Gasteiger partial charge < -0.3 is 39.9 Å². The van der Waals surface area contributed by atoms with E-state index in [2.05, 4.69) is 4.99 Å². The van der Waals surface area contributed by atoms with Crippen LogP contribution in [0.5, 0.6) is 0 Å². The predicted molar refractivity (Wildman–Crippen MR) is 294 cm³/mol. The molecule has 418 valence electrons. The number of anilines is 2. The highest BCUT2D eigenvalue weighted by molar-refractivity contribution is 8.14. The zero-order chi connectivity index (χ0) is 56.3. The maximum Gasteiger partial charge on any atom is 0.312 e. The van der Waals surface area contributed by atoms with Crippen molar-refractivity contribution in [2.24, 2.45) is 32.7 Å². The van der Waals surface area contributed by atoms with E-state index >= 15 is 0 Å². The Bertz CT molecular complexity index is 2720. The van der Waals surface area contributed by atoms with E-state index in [4.69, 9.17) is 49.9 Å². The fourth-order valence-electron chi connectivity index (χ4n) is 9.68. The summed E-state index contributed by atoms with van der Waals surface area (Å²) in [5.41, 5.74) is 9.12. The number of fused-ring (bicyclic) bond motifs is 3. The number of nitro groups is 1. The lowest BCUT2D eigenvalue weighted by molar-refractivity contribution is -0.385. The fourth-order valence-corrected chi connectivity index (χ4v) is 13.3. The third kappa shape index (κ3) is 14.5. The number of nitro benzene ring substituents is 1. The lowest BCUT2D eigenvalue weighted by atomic mass is 9.81. The number of rotatable bonds is 10. The molecule has 4 N–H and O–H groups in total. The van der Waals surface area contributed by atoms with E-state index in [1.165, 1.54) is 65.6 Å². The maximum atomic E-state index is 14.6. The Kier molecular flexibility index (Phi) is 18.3. The summed E-state index contributed by atoms with van der Waals surface area (Å²) in [6, 6.07) is 12.5. The predicted octanol–water partition coefficient (Wildman–Crippen LogP) is 9.71. The standard InChI is InChI=1S/C18H21FN2O5S.2C18H23FN2O3S/c1-17(2,3)26-16(22)7-15-20-18(10-25-8-11(18)9-27-15)13-6-12(21(23)24)4-5-14(13)19;2*1-17(2,3)24-16(22)7-15-21-18(10-23-8-11(18)9-25-15)13-6-12(20)4-5-14(13)19/h4-6,11H,7-10H2,1-3H3;2*4-6,11H,7-10,20H2,1-3H3/t3*11-,18-/m000/s1. The molecule has 0 radical (unpaired) electrons. The van der Waals surface area contributed by atoms with Crippen molar-refractivity contribution in [3.63, 3.8) is 0 Å². The number of halogens is 3. The minimum atomic E-state index is -1.06. The number of aliphatic imine (C=N–C) groups is 3. The second-order valence-electron chi connectivity index (χ2n) is 22.5. The molecule has 3 saturated heterocycles. The molecule has 0 aromatic heterocycles. The maximum absolute atomic E-state index is 14.6. The molecular weight excluding hydrogens is 1060 g/mol. The quantitative estimate of drug-likeness (QED) is 0.0631. The Morgan fingerprint density at radius 3 is 1.17 bits per heavy atom. The summed E-state index contributed by atoms with van der Waals surface area (Å²) in [6.45, 7) is 18.4. The van der Waals surface area contributed by atoms with Crippen LogP contribution in [0.2, 0.25) is 0 Å². The number of hydrogen-bond donors (Lipinski definition) is 2. The van der Waals surface area contributed by atoms with Gasteiger partial charge in [0.1, 0.15) is 50.9 Å². The molecule has 0 aliphatic carbocycles. The van der Waals surface area contributed by atoms with Gasteiger partial charge in [0, 0.05) is 75.2 Å². The van der Waals surface area contributed by atoms with Crippen LogP contribution in [0, 0.1) is 45.3 Å². The van der Waals surface area contributed by atoms with E-state index in [0.29, 0.717) is 63.2 Å². The van der Waals surface area contributed by atoms with Gasteiger partial charge in [-0.15, -0.1) is 35.3 Å². The molecule has 6 heterocycles. The van der Waals surface area contributed by atoms with Gasteiger partial charge in [-0.25, -0.2) is 13.2 Å². The number of carbonyl (C=O) groups excluding carboxylic acids is 3. The molecular formula is C54H67F3N6O11S3. The molecule has 6 aliphatic heterocycles. The molecule has 6 aliphatic rings. The Hall–Kier alpha value is -5.20. The van der Waals surface area contributed by atoms with Crippen LogP contribution in [-0.4, -0.2) is 112 Å². The monoisotopic (exact) mass is 1130 g/mol. The van der Waals surface area contributed by atoms with E-state index in [9.17, 15) is 37.7 Å². The van der Waals surface area contributed by atoms with Gasteiger partial charge in [0.15, 0.2) is 0 Å². The Balaban J connectivity index is 0.000000168. The Morgan fingerprint density at radius 2 is 0.870 bits per heavy atom. The number of nitrogens with zero attached hydrogens (tertiary/aromatic N) is 4. The van der Waals surface area contributed by atoms with Gasteiger partial charge in [0.2, 0.25) is 0 Å². The van der Waals surface area contributed by atoms with Crippen molar-refractivity contribution in [3.8, 4) is 0 Å². The average Bonchev–Trinajstić information content (AvgIpc) is 4.15. The van der Waals surface area contributed by atoms with Gasteiger partial charge in [-0.3, -0.25) is 39.5 Å². The summed E-state index contributed by atoms with van der Waals surface area (Å²) in [5.74, 6) is -0.347. The SMILES string of the molecule is CC(C)(C)OC(=O)CC1=N[C@@]2(c3cc(N)ccc3F)COC[C@H]2CS1.CC(C)(C)OC(=O)CC1=N[C@@]2(c3cc(N)ccc3F)COC[C@H]2CS1.CC(C)(C)OC(=O)CC1=N[C@@]2(c3cc([N+](=O)[O-])ccc3F)COC[C@H]2CS1. The topological polar surface area (TPSA) is 239 Å². The van der Waals surface area contributed by atoms with Crippen LogP contribution in [0.15, 0.2) is 69.6 Å². The number of nitrogens with two attached hydrogens (primary N) is 2. The minimum absolute atomic E-state index is 0.0209.